The SMILES string of the molecule is COc1cc(/C=C(\C#N)C(=O)Nc2cc(Cl)ccc2C)cc(I)c1OC(C)C. The first-order valence-electron chi connectivity index (χ1n) is 8.48. The summed E-state index contributed by atoms with van der Waals surface area (Å²) in [6, 6.07) is 10.7. The molecule has 0 spiro atoms. The van der Waals surface area contributed by atoms with Crippen molar-refractivity contribution >= 4 is 51.9 Å². The smallest absolute Gasteiger partial charge is 0.266 e. The molecular formula is C21H20ClIN2O3. The molecule has 0 fully saturated rings. The zero-order valence-corrected chi connectivity index (χ0v) is 18.9. The van der Waals surface area contributed by atoms with Gasteiger partial charge in [-0.25, -0.2) is 0 Å². The van der Waals surface area contributed by atoms with Crippen LogP contribution < -0.4 is 14.8 Å². The van der Waals surface area contributed by atoms with Gasteiger partial charge in [0.1, 0.15) is 11.6 Å². The van der Waals surface area contributed by atoms with Gasteiger partial charge in [-0.15, -0.1) is 0 Å². The van der Waals surface area contributed by atoms with Crippen molar-refractivity contribution in [3.63, 3.8) is 0 Å². The molecule has 2 aromatic carbocycles. The Morgan fingerprint density at radius 2 is 2.04 bits per heavy atom. The van der Waals surface area contributed by atoms with Crippen LogP contribution in [0, 0.1) is 21.8 Å². The number of nitriles is 1. The minimum absolute atomic E-state index is 0.00908. The van der Waals surface area contributed by atoms with E-state index < -0.39 is 5.91 Å². The lowest BCUT2D eigenvalue weighted by Crippen LogP contribution is -2.14. The summed E-state index contributed by atoms with van der Waals surface area (Å²) in [6.07, 6.45) is 1.50. The van der Waals surface area contributed by atoms with E-state index in [0.29, 0.717) is 27.8 Å². The molecule has 0 atom stereocenters. The van der Waals surface area contributed by atoms with E-state index >= 15 is 0 Å². The predicted molar refractivity (Wildman–Crippen MR) is 120 cm³/mol. The summed E-state index contributed by atoms with van der Waals surface area (Å²) < 4.78 is 12.0. The van der Waals surface area contributed by atoms with Gasteiger partial charge in [-0.2, -0.15) is 5.26 Å². The van der Waals surface area contributed by atoms with Crippen LogP contribution in [0.3, 0.4) is 0 Å². The van der Waals surface area contributed by atoms with E-state index in [-0.39, 0.29) is 11.7 Å². The van der Waals surface area contributed by atoms with Gasteiger partial charge in [0.25, 0.3) is 5.91 Å². The van der Waals surface area contributed by atoms with Crippen molar-refractivity contribution in [2.75, 3.05) is 12.4 Å². The molecule has 1 amide bonds. The Morgan fingerprint density at radius 1 is 1.32 bits per heavy atom. The van der Waals surface area contributed by atoms with E-state index in [0.717, 1.165) is 9.13 Å². The van der Waals surface area contributed by atoms with Crippen LogP contribution in [0.4, 0.5) is 5.69 Å². The molecule has 0 heterocycles. The van der Waals surface area contributed by atoms with Crippen molar-refractivity contribution in [2.45, 2.75) is 26.9 Å². The van der Waals surface area contributed by atoms with Crippen LogP contribution in [0.25, 0.3) is 6.08 Å². The highest BCUT2D eigenvalue weighted by molar-refractivity contribution is 14.1. The lowest BCUT2D eigenvalue weighted by molar-refractivity contribution is -0.112. The Bertz CT molecular complexity index is 965. The van der Waals surface area contributed by atoms with Gasteiger partial charge in [0.15, 0.2) is 11.5 Å². The molecule has 5 nitrogen and oxygen atoms in total. The fraction of sp³-hybridized carbons (Fsp3) is 0.238. The number of hydrogen-bond acceptors (Lipinski definition) is 4. The number of anilines is 1. The van der Waals surface area contributed by atoms with Crippen LogP contribution in [-0.4, -0.2) is 19.1 Å². The Labute approximate surface area is 183 Å². The number of rotatable bonds is 6. The highest BCUT2D eigenvalue weighted by Crippen LogP contribution is 2.35. The van der Waals surface area contributed by atoms with Gasteiger partial charge in [-0.05, 0) is 84.8 Å². The van der Waals surface area contributed by atoms with Crippen LogP contribution in [0.1, 0.15) is 25.0 Å². The standard InChI is InChI=1S/C21H20ClIN2O3/c1-12(2)28-20-17(23)8-14(9-19(20)27-4)7-15(11-24)21(26)25-18-10-16(22)6-5-13(18)3/h5-10,12H,1-4H3,(H,25,26)/b15-7+. The van der Waals surface area contributed by atoms with E-state index in [9.17, 15) is 10.1 Å². The third kappa shape index (κ3) is 5.63. The van der Waals surface area contributed by atoms with Gasteiger partial charge in [-0.1, -0.05) is 17.7 Å². The Hall–Kier alpha value is -2.24. The number of nitrogens with one attached hydrogen (secondary N) is 1. The summed E-state index contributed by atoms with van der Waals surface area (Å²) in [4.78, 5) is 12.6. The second kappa shape index (κ2) is 9.80. The molecule has 0 aliphatic rings. The van der Waals surface area contributed by atoms with E-state index in [1.165, 1.54) is 6.08 Å². The predicted octanol–water partition coefficient (Wildman–Crippen LogP) is 5.59. The lowest BCUT2D eigenvalue weighted by atomic mass is 10.1. The topological polar surface area (TPSA) is 71.3 Å². The third-order valence-electron chi connectivity index (χ3n) is 3.73. The van der Waals surface area contributed by atoms with Gasteiger partial charge < -0.3 is 14.8 Å². The zero-order chi connectivity index (χ0) is 20.8. The molecule has 2 aromatic rings. The maximum Gasteiger partial charge on any atom is 0.266 e. The first-order chi connectivity index (χ1) is 13.2. The fourth-order valence-electron chi connectivity index (χ4n) is 2.41. The summed E-state index contributed by atoms with van der Waals surface area (Å²) in [5, 5.41) is 12.7. The monoisotopic (exact) mass is 510 g/mol. The first kappa shape index (κ1) is 22.1. The number of nitrogens with zero attached hydrogens (tertiary/aromatic N) is 1. The number of halogens is 2. The molecule has 0 aliphatic carbocycles. The number of hydrogen-bond donors (Lipinski definition) is 1. The van der Waals surface area contributed by atoms with Crippen molar-refractivity contribution in [1.82, 2.24) is 0 Å². The summed E-state index contributed by atoms with van der Waals surface area (Å²) in [6.45, 7) is 5.71. The minimum Gasteiger partial charge on any atom is -0.493 e. The number of methoxy groups -OCH3 is 1. The van der Waals surface area contributed by atoms with Crippen LogP contribution in [0.15, 0.2) is 35.9 Å². The van der Waals surface area contributed by atoms with Crippen molar-refractivity contribution in [1.29, 1.82) is 5.26 Å². The Kier molecular flexibility index (Phi) is 7.72. The second-order valence-corrected chi connectivity index (χ2v) is 7.88. The van der Waals surface area contributed by atoms with E-state index in [2.05, 4.69) is 27.9 Å². The number of carbonyl (C=O) groups excluding carboxylic acids is 1. The number of aryl methyl sites for hydroxylation is 1. The van der Waals surface area contributed by atoms with Crippen LogP contribution >= 0.6 is 34.2 Å². The molecule has 0 radical (unpaired) electrons. The van der Waals surface area contributed by atoms with E-state index in [1.54, 1.807) is 31.4 Å². The normalized spacial score (nSPS) is 11.1. The molecular weight excluding hydrogens is 491 g/mol. The van der Waals surface area contributed by atoms with E-state index in [1.807, 2.05) is 32.9 Å². The average molecular weight is 511 g/mol. The van der Waals surface area contributed by atoms with Crippen LogP contribution in [0.5, 0.6) is 11.5 Å². The van der Waals surface area contributed by atoms with E-state index in [4.69, 9.17) is 21.1 Å². The van der Waals surface area contributed by atoms with Gasteiger partial charge >= 0.3 is 0 Å². The maximum atomic E-state index is 12.6. The van der Waals surface area contributed by atoms with Crippen molar-refractivity contribution in [3.8, 4) is 17.6 Å². The number of ether oxygens (including phenoxy) is 2. The van der Waals surface area contributed by atoms with Gasteiger partial charge in [-0.3, -0.25) is 4.79 Å². The molecule has 28 heavy (non-hydrogen) atoms. The molecule has 0 bridgehead atoms. The molecule has 0 saturated heterocycles. The largest absolute Gasteiger partial charge is 0.493 e. The highest BCUT2D eigenvalue weighted by Gasteiger charge is 2.15. The number of benzene rings is 2. The average Bonchev–Trinajstić information content (AvgIpc) is 2.64. The van der Waals surface area contributed by atoms with Crippen molar-refractivity contribution in [2.24, 2.45) is 0 Å². The van der Waals surface area contributed by atoms with Crippen LogP contribution in [0.2, 0.25) is 5.02 Å². The van der Waals surface area contributed by atoms with Crippen molar-refractivity contribution in [3.05, 3.63) is 55.6 Å². The quantitative estimate of drug-likeness (QED) is 0.312. The molecule has 1 N–H and O–H groups in total. The molecule has 2 rings (SSSR count). The molecule has 7 heteroatoms. The second-order valence-electron chi connectivity index (χ2n) is 6.28. The first-order valence-corrected chi connectivity index (χ1v) is 9.94. The molecule has 0 aliphatic heterocycles. The highest BCUT2D eigenvalue weighted by atomic mass is 127. The summed E-state index contributed by atoms with van der Waals surface area (Å²) in [5.74, 6) is 0.660. The third-order valence-corrected chi connectivity index (χ3v) is 4.77. The zero-order valence-electron chi connectivity index (χ0n) is 16.0. The Morgan fingerprint density at radius 3 is 2.64 bits per heavy atom. The maximum absolute atomic E-state index is 12.6. The van der Waals surface area contributed by atoms with Gasteiger partial charge in [0.2, 0.25) is 0 Å². The molecule has 146 valence electrons. The summed E-state index contributed by atoms with van der Waals surface area (Å²) in [5.41, 5.74) is 2.04. The molecule has 0 aromatic heterocycles. The summed E-state index contributed by atoms with van der Waals surface area (Å²) >= 11 is 8.13. The lowest BCUT2D eigenvalue weighted by Gasteiger charge is -2.16. The number of amides is 1. The van der Waals surface area contributed by atoms with Crippen LogP contribution in [-0.2, 0) is 4.79 Å². The Balaban J connectivity index is 2.35. The van der Waals surface area contributed by atoms with Gasteiger partial charge in [0.05, 0.1) is 16.8 Å². The molecule has 0 unspecified atom stereocenters. The summed E-state index contributed by atoms with van der Waals surface area (Å²) in [7, 11) is 1.55. The minimum atomic E-state index is -0.510. The molecule has 0 saturated carbocycles. The van der Waals surface area contributed by atoms with Gasteiger partial charge in [0, 0.05) is 10.7 Å². The van der Waals surface area contributed by atoms with Crippen molar-refractivity contribution < 1.29 is 14.3 Å². The number of carbonyl (C=O) groups is 1. The fourth-order valence-corrected chi connectivity index (χ4v) is 3.33.